The predicted molar refractivity (Wildman–Crippen MR) is 115 cm³/mol. The van der Waals surface area contributed by atoms with Crippen molar-refractivity contribution in [2.75, 3.05) is 0 Å². The molecule has 8 heteroatoms. The number of pyridine rings is 1. The van der Waals surface area contributed by atoms with Crippen LogP contribution in [-0.2, 0) is 12.6 Å². The fourth-order valence-electron chi connectivity index (χ4n) is 4.43. The molecule has 31 heavy (non-hydrogen) atoms. The molecule has 0 aliphatic heterocycles. The van der Waals surface area contributed by atoms with Crippen molar-refractivity contribution in [3.05, 3.63) is 91.9 Å². The Kier molecular flexibility index (Phi) is 6.09. The van der Waals surface area contributed by atoms with Crippen molar-refractivity contribution in [3.63, 3.8) is 0 Å². The van der Waals surface area contributed by atoms with Gasteiger partial charge >= 0.3 is 6.18 Å². The van der Waals surface area contributed by atoms with E-state index in [2.05, 4.69) is 27.1 Å². The Morgan fingerprint density at radius 2 is 1.68 bits per heavy atom. The summed E-state index contributed by atoms with van der Waals surface area (Å²) in [5.74, 6) is 0.570. The molecule has 1 aromatic carbocycles. The molecule has 0 atom stereocenters. The Labute approximate surface area is 182 Å². The molecule has 162 valence electrons. The van der Waals surface area contributed by atoms with Crippen molar-refractivity contribution in [3.8, 4) is 0 Å². The van der Waals surface area contributed by atoms with Gasteiger partial charge in [-0.15, -0.1) is 0 Å². The van der Waals surface area contributed by atoms with Gasteiger partial charge in [-0.2, -0.15) is 13.2 Å². The highest BCUT2D eigenvalue weighted by Crippen LogP contribution is 2.40. The minimum Gasteiger partial charge on any atom is -0.335 e. The van der Waals surface area contributed by atoms with Crippen molar-refractivity contribution in [1.29, 1.82) is 0 Å². The van der Waals surface area contributed by atoms with Crippen LogP contribution < -0.4 is 5.56 Å². The maximum atomic E-state index is 13.1. The van der Waals surface area contributed by atoms with Gasteiger partial charge in [-0.25, -0.2) is 0 Å². The van der Waals surface area contributed by atoms with E-state index in [0.717, 1.165) is 49.7 Å². The van der Waals surface area contributed by atoms with Gasteiger partial charge in [-0.1, -0.05) is 30.3 Å². The molecule has 0 radical (unpaired) electrons. The van der Waals surface area contributed by atoms with Crippen LogP contribution >= 0.6 is 12.2 Å². The first-order chi connectivity index (χ1) is 14.8. The van der Waals surface area contributed by atoms with E-state index >= 15 is 0 Å². The normalized spacial score (nSPS) is 19.3. The zero-order valence-electron chi connectivity index (χ0n) is 16.7. The number of hydrogen-bond acceptors (Lipinski definition) is 3. The van der Waals surface area contributed by atoms with Crippen LogP contribution in [0.4, 0.5) is 13.2 Å². The van der Waals surface area contributed by atoms with Crippen molar-refractivity contribution in [2.45, 2.75) is 50.1 Å². The molecule has 2 aromatic heterocycles. The van der Waals surface area contributed by atoms with Gasteiger partial charge in [0, 0.05) is 29.6 Å². The molecule has 1 saturated carbocycles. The molecule has 0 spiro atoms. The van der Waals surface area contributed by atoms with Crippen molar-refractivity contribution >= 4 is 12.2 Å². The fourth-order valence-corrected chi connectivity index (χ4v) is 4.63. The van der Waals surface area contributed by atoms with Crippen LogP contribution in [0.5, 0.6) is 0 Å². The average molecular weight is 446 g/mol. The molecular weight excluding hydrogens is 423 g/mol. The molecule has 1 aliphatic carbocycles. The van der Waals surface area contributed by atoms with Gasteiger partial charge < -0.3 is 4.98 Å². The number of nitrogens with zero attached hydrogens (tertiary/aromatic N) is 1. The van der Waals surface area contributed by atoms with E-state index in [1.54, 1.807) is 0 Å². The smallest absolute Gasteiger partial charge is 0.335 e. The topological polar surface area (TPSA) is 61.5 Å². The van der Waals surface area contributed by atoms with Crippen LogP contribution in [0.15, 0.2) is 53.5 Å². The second kappa shape index (κ2) is 8.78. The van der Waals surface area contributed by atoms with E-state index in [1.807, 2.05) is 18.2 Å². The van der Waals surface area contributed by atoms with E-state index in [1.165, 1.54) is 5.56 Å². The van der Waals surface area contributed by atoms with Gasteiger partial charge in [0.2, 0.25) is 0 Å². The minimum absolute atomic E-state index is 0.0132. The number of H-pyrrole nitrogens is 2. The maximum Gasteiger partial charge on any atom is 0.416 e. The number of aromatic nitrogens is 3. The summed E-state index contributed by atoms with van der Waals surface area (Å²) < 4.78 is 39.4. The molecular formula is C23H22F3N3OS. The predicted octanol–water partition coefficient (Wildman–Crippen LogP) is 5.88. The summed E-state index contributed by atoms with van der Waals surface area (Å²) in [6.45, 7) is 0. The van der Waals surface area contributed by atoms with Crippen LogP contribution in [0.3, 0.4) is 0 Å². The Bertz CT molecular complexity index is 1160. The fraction of sp³-hybridized carbons (Fsp3) is 0.348. The third-order valence-electron chi connectivity index (χ3n) is 5.98. The van der Waals surface area contributed by atoms with Gasteiger partial charge in [-0.05, 0) is 67.4 Å². The first kappa shape index (κ1) is 21.5. The van der Waals surface area contributed by atoms with Crippen LogP contribution in [-0.4, -0.2) is 15.0 Å². The molecule has 3 aromatic rings. The molecule has 0 amide bonds. The van der Waals surface area contributed by atoms with E-state index in [0.29, 0.717) is 11.5 Å². The third-order valence-corrected chi connectivity index (χ3v) is 6.19. The highest BCUT2D eigenvalue weighted by atomic mass is 32.1. The monoisotopic (exact) mass is 445 g/mol. The third kappa shape index (κ3) is 4.95. The number of benzene rings is 1. The van der Waals surface area contributed by atoms with Crippen LogP contribution in [0.25, 0.3) is 0 Å². The molecule has 1 aliphatic rings. The molecule has 0 bridgehead atoms. The van der Waals surface area contributed by atoms with E-state index in [9.17, 15) is 18.0 Å². The van der Waals surface area contributed by atoms with Crippen molar-refractivity contribution in [1.82, 2.24) is 15.0 Å². The van der Waals surface area contributed by atoms with Gasteiger partial charge in [0.15, 0.2) is 4.77 Å². The summed E-state index contributed by atoms with van der Waals surface area (Å²) >= 11 is 5.17. The zero-order chi connectivity index (χ0) is 22.0. The lowest BCUT2D eigenvalue weighted by molar-refractivity contribution is -0.137. The maximum absolute atomic E-state index is 13.1. The zero-order valence-corrected chi connectivity index (χ0v) is 17.5. The second-order valence-corrected chi connectivity index (χ2v) is 8.38. The van der Waals surface area contributed by atoms with Gasteiger partial charge in [-0.3, -0.25) is 14.8 Å². The first-order valence-corrected chi connectivity index (χ1v) is 10.6. The molecule has 2 N–H and O–H groups in total. The molecule has 1 fully saturated rings. The summed E-state index contributed by atoms with van der Waals surface area (Å²) in [6.07, 6.45) is 0.377. The van der Waals surface area contributed by atoms with Gasteiger partial charge in [0.1, 0.15) is 0 Å². The lowest BCUT2D eigenvalue weighted by Crippen LogP contribution is -2.23. The summed E-state index contributed by atoms with van der Waals surface area (Å²) in [6, 6.07) is 12.3. The highest BCUT2D eigenvalue weighted by Gasteiger charge is 2.31. The summed E-state index contributed by atoms with van der Waals surface area (Å²) in [7, 11) is 0. The van der Waals surface area contributed by atoms with E-state index < -0.39 is 11.7 Å². The van der Waals surface area contributed by atoms with Gasteiger partial charge in [0.25, 0.3) is 5.56 Å². The number of nitrogens with one attached hydrogen (secondary N) is 2. The Morgan fingerprint density at radius 3 is 2.35 bits per heavy atom. The number of rotatable bonds is 4. The van der Waals surface area contributed by atoms with Crippen molar-refractivity contribution < 1.29 is 13.2 Å². The molecule has 0 unspecified atom stereocenters. The highest BCUT2D eigenvalue weighted by molar-refractivity contribution is 7.71. The van der Waals surface area contributed by atoms with Crippen LogP contribution in [0.2, 0.25) is 0 Å². The quantitative estimate of drug-likeness (QED) is 0.493. The molecule has 4 rings (SSSR count). The summed E-state index contributed by atoms with van der Waals surface area (Å²) in [5, 5.41) is 0. The minimum atomic E-state index is -4.46. The Hall–Kier alpha value is -2.74. The SMILES string of the molecule is O=c1[nH]c(=S)[nH]c([C@H]2CC[C@H](c3ccccc3)CC2)c1Cc1cc(C(F)(F)F)ccn1. The van der Waals surface area contributed by atoms with E-state index in [4.69, 9.17) is 12.2 Å². The second-order valence-electron chi connectivity index (χ2n) is 7.97. The van der Waals surface area contributed by atoms with E-state index in [-0.39, 0.29) is 28.4 Å². The lowest BCUT2D eigenvalue weighted by atomic mass is 9.76. The average Bonchev–Trinajstić information content (AvgIpc) is 2.76. The Balaban J connectivity index is 1.60. The Morgan fingerprint density at radius 1 is 1.00 bits per heavy atom. The van der Waals surface area contributed by atoms with Gasteiger partial charge in [0.05, 0.1) is 5.56 Å². The molecule has 0 saturated heterocycles. The standard InChI is InChI=1S/C23H22F3N3OS/c24-23(25,26)17-10-11-27-18(12-17)13-19-20(28-22(31)29-21(19)30)16-8-6-15(7-9-16)14-4-2-1-3-5-14/h1-5,10-12,15-16H,6-9,13H2,(H2,28,29,30,31)/t15-,16-. The summed E-state index contributed by atoms with van der Waals surface area (Å²) in [5.41, 5.74) is 1.49. The van der Waals surface area contributed by atoms with Crippen molar-refractivity contribution in [2.24, 2.45) is 0 Å². The first-order valence-electron chi connectivity index (χ1n) is 10.2. The summed E-state index contributed by atoms with van der Waals surface area (Å²) in [4.78, 5) is 22.4. The molecule has 4 nitrogen and oxygen atoms in total. The number of halogens is 3. The molecule has 2 heterocycles. The number of hydrogen-bond donors (Lipinski definition) is 2. The largest absolute Gasteiger partial charge is 0.416 e. The number of aromatic amines is 2. The van der Waals surface area contributed by atoms with Crippen LogP contribution in [0, 0.1) is 4.77 Å². The number of alkyl halides is 3. The lowest BCUT2D eigenvalue weighted by Gasteiger charge is -2.29. The van der Waals surface area contributed by atoms with Crippen LogP contribution in [0.1, 0.15) is 65.6 Å².